The summed E-state index contributed by atoms with van der Waals surface area (Å²) in [6, 6.07) is 15.1. The van der Waals surface area contributed by atoms with E-state index in [0.717, 1.165) is 24.9 Å². The molecule has 2 atom stereocenters. The van der Waals surface area contributed by atoms with E-state index >= 15 is 0 Å². The molecule has 0 aromatic heterocycles. The fraction of sp³-hybridized carbons (Fsp3) is 0.385. The Kier molecular flexibility index (Phi) is 6.99. The van der Waals surface area contributed by atoms with Gasteiger partial charge in [-0.3, -0.25) is 4.90 Å². The van der Waals surface area contributed by atoms with Crippen LogP contribution in [0.15, 0.2) is 59.8 Å². The first-order valence-corrected chi connectivity index (χ1v) is 11.4. The van der Waals surface area contributed by atoms with Crippen LogP contribution in [0.3, 0.4) is 0 Å². The van der Waals surface area contributed by atoms with Gasteiger partial charge < -0.3 is 20.1 Å². The van der Waals surface area contributed by atoms with Crippen LogP contribution in [-0.4, -0.2) is 43.7 Å². The molecular formula is C26H31N3O4. The number of benzene rings is 2. The molecule has 4 rings (SSSR count). The van der Waals surface area contributed by atoms with Crippen LogP contribution in [-0.2, 0) is 9.53 Å². The van der Waals surface area contributed by atoms with Crippen molar-refractivity contribution in [3.63, 3.8) is 0 Å². The molecule has 0 aliphatic carbocycles. The molecule has 2 heterocycles. The van der Waals surface area contributed by atoms with Crippen molar-refractivity contribution in [2.24, 2.45) is 0 Å². The molecule has 2 aromatic carbocycles. The minimum atomic E-state index is -0.599. The monoisotopic (exact) mass is 449 g/mol. The highest BCUT2D eigenvalue weighted by atomic mass is 16.5. The third-order valence-corrected chi connectivity index (χ3v) is 6.37. The van der Waals surface area contributed by atoms with Crippen LogP contribution in [0.4, 0.5) is 4.79 Å². The van der Waals surface area contributed by atoms with Crippen LogP contribution in [0.5, 0.6) is 5.75 Å². The van der Waals surface area contributed by atoms with Crippen molar-refractivity contribution >= 4 is 12.0 Å². The third-order valence-electron chi connectivity index (χ3n) is 6.37. The second-order valence-electron chi connectivity index (χ2n) is 8.40. The predicted molar refractivity (Wildman–Crippen MR) is 126 cm³/mol. The Bertz CT molecular complexity index is 1050. The average Bonchev–Trinajstić information content (AvgIpc) is 3.27. The number of likely N-dealkylation sites (tertiary alicyclic amines) is 1. The number of aryl methyl sites for hydroxylation is 1. The van der Waals surface area contributed by atoms with Crippen molar-refractivity contribution < 1.29 is 19.1 Å². The summed E-state index contributed by atoms with van der Waals surface area (Å²) in [5.41, 5.74) is 4.37. The molecule has 2 aromatic rings. The molecule has 0 radical (unpaired) electrons. The second-order valence-corrected chi connectivity index (χ2v) is 8.40. The molecule has 0 spiro atoms. The van der Waals surface area contributed by atoms with Gasteiger partial charge in [0.05, 0.1) is 25.3 Å². The molecule has 2 aliphatic rings. The van der Waals surface area contributed by atoms with Crippen LogP contribution >= 0.6 is 0 Å². The Morgan fingerprint density at radius 2 is 1.91 bits per heavy atom. The first kappa shape index (κ1) is 22.9. The maximum absolute atomic E-state index is 13.1. The number of esters is 1. The molecule has 174 valence electrons. The van der Waals surface area contributed by atoms with Gasteiger partial charge in [0.1, 0.15) is 5.75 Å². The quantitative estimate of drug-likeness (QED) is 0.625. The molecule has 2 unspecified atom stereocenters. The summed E-state index contributed by atoms with van der Waals surface area (Å²) in [5.74, 6) is 0.284. The van der Waals surface area contributed by atoms with Crippen LogP contribution < -0.4 is 15.4 Å². The molecule has 7 heteroatoms. The molecular weight excluding hydrogens is 418 g/mol. The lowest BCUT2D eigenvalue weighted by atomic mass is 9.94. The Balaban J connectivity index is 1.70. The Labute approximate surface area is 194 Å². The van der Waals surface area contributed by atoms with Gasteiger partial charge in [-0.05, 0) is 62.1 Å². The van der Waals surface area contributed by atoms with Crippen LogP contribution in [0.2, 0.25) is 0 Å². The lowest BCUT2D eigenvalue weighted by molar-refractivity contribution is -0.139. The maximum atomic E-state index is 13.1. The third kappa shape index (κ3) is 4.88. The standard InChI is InChI=1S/C26H31N3O4/c1-4-33-25(30)23-21(16-29-15-7-10-22(29)20-9-6-5-8-17(20)2)27-26(31)28-24(23)18-11-13-19(32-3)14-12-18/h5-6,8-9,11-14,22,24H,4,7,10,15-16H2,1-3H3,(H2,27,28,31). The fourth-order valence-corrected chi connectivity index (χ4v) is 4.77. The van der Waals surface area contributed by atoms with Gasteiger partial charge >= 0.3 is 12.0 Å². The number of ether oxygens (including phenoxy) is 2. The van der Waals surface area contributed by atoms with E-state index in [1.165, 1.54) is 11.1 Å². The number of hydrogen-bond donors (Lipinski definition) is 2. The van der Waals surface area contributed by atoms with Crippen molar-refractivity contribution in [2.45, 2.75) is 38.8 Å². The minimum Gasteiger partial charge on any atom is -0.497 e. The molecule has 1 fully saturated rings. The summed E-state index contributed by atoms with van der Waals surface area (Å²) in [6.07, 6.45) is 2.11. The van der Waals surface area contributed by atoms with Gasteiger partial charge in [-0.25, -0.2) is 9.59 Å². The van der Waals surface area contributed by atoms with E-state index < -0.39 is 12.0 Å². The highest BCUT2D eigenvalue weighted by molar-refractivity contribution is 5.95. The SMILES string of the molecule is CCOC(=O)C1=C(CN2CCCC2c2ccccc2C)NC(=O)NC1c1ccc(OC)cc1. The van der Waals surface area contributed by atoms with Gasteiger partial charge in [-0.2, -0.15) is 0 Å². The Hall–Kier alpha value is -3.32. The van der Waals surface area contributed by atoms with Gasteiger partial charge in [-0.1, -0.05) is 36.4 Å². The number of urea groups is 1. The molecule has 7 nitrogen and oxygen atoms in total. The average molecular weight is 450 g/mol. The number of hydrogen-bond acceptors (Lipinski definition) is 5. The van der Waals surface area contributed by atoms with Gasteiger partial charge in [-0.15, -0.1) is 0 Å². The number of amides is 2. The second kappa shape index (κ2) is 10.1. The zero-order valence-electron chi connectivity index (χ0n) is 19.4. The summed E-state index contributed by atoms with van der Waals surface area (Å²) < 4.78 is 10.7. The van der Waals surface area contributed by atoms with Crippen molar-refractivity contribution in [3.8, 4) is 5.75 Å². The van der Waals surface area contributed by atoms with Gasteiger partial charge in [0.2, 0.25) is 0 Å². The summed E-state index contributed by atoms with van der Waals surface area (Å²) >= 11 is 0. The van der Waals surface area contributed by atoms with Gasteiger partial charge in [0, 0.05) is 18.3 Å². The fourth-order valence-electron chi connectivity index (χ4n) is 4.77. The van der Waals surface area contributed by atoms with E-state index in [1.807, 2.05) is 30.3 Å². The topological polar surface area (TPSA) is 79.9 Å². The van der Waals surface area contributed by atoms with E-state index in [-0.39, 0.29) is 18.7 Å². The predicted octanol–water partition coefficient (Wildman–Crippen LogP) is 4.01. The first-order chi connectivity index (χ1) is 16.0. The van der Waals surface area contributed by atoms with E-state index in [1.54, 1.807) is 14.0 Å². The smallest absolute Gasteiger partial charge is 0.338 e. The van der Waals surface area contributed by atoms with Crippen LogP contribution in [0, 0.1) is 6.92 Å². The molecule has 2 N–H and O–H groups in total. The number of methoxy groups -OCH3 is 1. The van der Waals surface area contributed by atoms with E-state index in [4.69, 9.17) is 9.47 Å². The van der Waals surface area contributed by atoms with E-state index in [0.29, 0.717) is 23.6 Å². The van der Waals surface area contributed by atoms with Gasteiger partial charge in [0.25, 0.3) is 0 Å². The summed E-state index contributed by atoms with van der Waals surface area (Å²) in [4.78, 5) is 28.1. The molecule has 0 bridgehead atoms. The number of nitrogens with zero attached hydrogens (tertiary/aromatic N) is 1. The minimum absolute atomic E-state index is 0.244. The molecule has 2 aliphatic heterocycles. The van der Waals surface area contributed by atoms with Gasteiger partial charge in [0.15, 0.2) is 0 Å². The van der Waals surface area contributed by atoms with Crippen molar-refractivity contribution in [2.75, 3.05) is 26.8 Å². The Morgan fingerprint density at radius 1 is 1.15 bits per heavy atom. The van der Waals surface area contributed by atoms with Crippen LogP contribution in [0.1, 0.15) is 48.5 Å². The highest BCUT2D eigenvalue weighted by Crippen LogP contribution is 2.36. The zero-order chi connectivity index (χ0) is 23.4. The molecule has 33 heavy (non-hydrogen) atoms. The summed E-state index contributed by atoms with van der Waals surface area (Å²) in [5, 5.41) is 5.80. The maximum Gasteiger partial charge on any atom is 0.338 e. The highest BCUT2D eigenvalue weighted by Gasteiger charge is 2.36. The first-order valence-electron chi connectivity index (χ1n) is 11.4. The normalized spacial score (nSPS) is 20.9. The molecule has 2 amide bonds. The number of carbonyl (C=O) groups is 2. The lowest BCUT2D eigenvalue weighted by Gasteiger charge is -2.33. The van der Waals surface area contributed by atoms with E-state index in [9.17, 15) is 9.59 Å². The molecule has 1 saturated heterocycles. The zero-order valence-corrected chi connectivity index (χ0v) is 19.4. The largest absolute Gasteiger partial charge is 0.497 e. The van der Waals surface area contributed by atoms with E-state index in [2.05, 4.69) is 40.7 Å². The van der Waals surface area contributed by atoms with Crippen molar-refractivity contribution in [1.29, 1.82) is 0 Å². The molecule has 0 saturated carbocycles. The lowest BCUT2D eigenvalue weighted by Crippen LogP contribution is -2.48. The van der Waals surface area contributed by atoms with Crippen molar-refractivity contribution in [1.82, 2.24) is 15.5 Å². The number of carbonyl (C=O) groups excluding carboxylic acids is 2. The Morgan fingerprint density at radius 3 is 2.61 bits per heavy atom. The number of rotatable bonds is 7. The number of nitrogens with one attached hydrogen (secondary N) is 2. The van der Waals surface area contributed by atoms with Crippen LogP contribution in [0.25, 0.3) is 0 Å². The summed E-state index contributed by atoms with van der Waals surface area (Å²) in [6.45, 7) is 5.53. The summed E-state index contributed by atoms with van der Waals surface area (Å²) in [7, 11) is 1.60. The van der Waals surface area contributed by atoms with Crippen molar-refractivity contribution in [3.05, 3.63) is 76.5 Å².